The Morgan fingerprint density at radius 3 is 2.42 bits per heavy atom. The molecule has 10 nitrogen and oxygen atoms in total. The van der Waals surface area contributed by atoms with E-state index in [1.165, 1.54) is 43.7 Å². The standard InChI is InChI=1S/C22H20N6O4S/c1-28(22-23-12-5-13-24-22)33(30,31)16-10-8-15(9-11-16)25-21(29)19-14-18(26-27-19)17-6-3-4-7-20(17)32-2/h3-14H,1-2H3,(H,25,29)(H,26,27). The summed E-state index contributed by atoms with van der Waals surface area (Å²) in [5.74, 6) is 0.271. The van der Waals surface area contributed by atoms with Gasteiger partial charge in [0.1, 0.15) is 11.4 Å². The lowest BCUT2D eigenvalue weighted by Gasteiger charge is -2.17. The van der Waals surface area contributed by atoms with Gasteiger partial charge in [0.15, 0.2) is 0 Å². The number of amides is 1. The van der Waals surface area contributed by atoms with Crippen molar-refractivity contribution in [2.75, 3.05) is 23.8 Å². The minimum absolute atomic E-state index is 0.0375. The van der Waals surface area contributed by atoms with Gasteiger partial charge < -0.3 is 10.1 Å². The lowest BCUT2D eigenvalue weighted by Crippen LogP contribution is -2.28. The SMILES string of the molecule is COc1ccccc1-c1cc(C(=O)Nc2ccc(S(=O)(=O)N(C)c3ncccn3)cc2)[nH]n1. The second kappa shape index (κ2) is 9.09. The predicted octanol–water partition coefficient (Wildman–Crippen LogP) is 2.95. The first-order chi connectivity index (χ1) is 15.9. The lowest BCUT2D eigenvalue weighted by molar-refractivity contribution is 0.102. The number of hydrogen-bond acceptors (Lipinski definition) is 7. The third-order valence-corrected chi connectivity index (χ3v) is 6.56. The molecule has 0 aliphatic rings. The highest BCUT2D eigenvalue weighted by Crippen LogP contribution is 2.28. The van der Waals surface area contributed by atoms with E-state index < -0.39 is 15.9 Å². The minimum Gasteiger partial charge on any atom is -0.496 e. The highest BCUT2D eigenvalue weighted by Gasteiger charge is 2.23. The van der Waals surface area contributed by atoms with Gasteiger partial charge in [-0.05, 0) is 48.5 Å². The van der Waals surface area contributed by atoms with E-state index in [0.717, 1.165) is 9.87 Å². The quantitative estimate of drug-likeness (QED) is 0.430. The van der Waals surface area contributed by atoms with Gasteiger partial charge in [-0.15, -0.1) is 0 Å². The summed E-state index contributed by atoms with van der Waals surface area (Å²) in [6, 6.07) is 16.4. The molecule has 4 aromatic rings. The molecule has 33 heavy (non-hydrogen) atoms. The Labute approximate surface area is 190 Å². The van der Waals surface area contributed by atoms with Crippen LogP contribution in [-0.2, 0) is 10.0 Å². The van der Waals surface area contributed by atoms with Gasteiger partial charge in [-0.1, -0.05) is 12.1 Å². The Morgan fingerprint density at radius 1 is 1.03 bits per heavy atom. The van der Waals surface area contributed by atoms with Crippen molar-refractivity contribution in [1.29, 1.82) is 0 Å². The smallest absolute Gasteiger partial charge is 0.273 e. The van der Waals surface area contributed by atoms with E-state index in [-0.39, 0.29) is 16.5 Å². The summed E-state index contributed by atoms with van der Waals surface area (Å²) in [6.45, 7) is 0. The molecule has 0 bridgehead atoms. The van der Waals surface area contributed by atoms with Gasteiger partial charge in [-0.3, -0.25) is 9.89 Å². The molecule has 0 radical (unpaired) electrons. The molecule has 0 atom stereocenters. The molecule has 168 valence electrons. The van der Waals surface area contributed by atoms with Gasteiger partial charge in [0, 0.05) is 30.7 Å². The summed E-state index contributed by atoms with van der Waals surface area (Å²) >= 11 is 0. The number of nitrogens with one attached hydrogen (secondary N) is 2. The Kier molecular flexibility index (Phi) is 6.05. The number of ether oxygens (including phenoxy) is 1. The van der Waals surface area contributed by atoms with Crippen LogP contribution in [0, 0.1) is 0 Å². The van der Waals surface area contributed by atoms with Crippen molar-refractivity contribution in [3.8, 4) is 17.0 Å². The van der Waals surface area contributed by atoms with Crippen LogP contribution in [-0.4, -0.2) is 48.6 Å². The predicted molar refractivity (Wildman–Crippen MR) is 123 cm³/mol. The van der Waals surface area contributed by atoms with Crippen molar-refractivity contribution in [1.82, 2.24) is 20.2 Å². The Balaban J connectivity index is 1.48. The van der Waals surface area contributed by atoms with Crippen LogP contribution >= 0.6 is 0 Å². The van der Waals surface area contributed by atoms with Gasteiger partial charge in [-0.25, -0.2) is 22.7 Å². The largest absolute Gasteiger partial charge is 0.496 e. The number of rotatable bonds is 7. The maximum atomic E-state index is 12.8. The van der Waals surface area contributed by atoms with Crippen molar-refractivity contribution in [2.45, 2.75) is 4.90 Å². The van der Waals surface area contributed by atoms with Crippen molar-refractivity contribution < 1.29 is 17.9 Å². The monoisotopic (exact) mass is 464 g/mol. The zero-order valence-corrected chi connectivity index (χ0v) is 18.6. The van der Waals surface area contributed by atoms with Crippen LogP contribution in [0.3, 0.4) is 0 Å². The lowest BCUT2D eigenvalue weighted by atomic mass is 10.1. The number of benzene rings is 2. The Hall–Kier alpha value is -4.25. The van der Waals surface area contributed by atoms with Gasteiger partial charge in [0.05, 0.1) is 17.7 Å². The van der Waals surface area contributed by atoms with Crippen LogP contribution in [0.1, 0.15) is 10.5 Å². The number of carbonyl (C=O) groups is 1. The zero-order chi connectivity index (χ0) is 23.4. The topological polar surface area (TPSA) is 130 Å². The molecule has 2 N–H and O–H groups in total. The van der Waals surface area contributed by atoms with E-state index in [1.807, 2.05) is 18.2 Å². The van der Waals surface area contributed by atoms with Crippen LogP contribution in [0.4, 0.5) is 11.6 Å². The van der Waals surface area contributed by atoms with E-state index in [2.05, 4.69) is 25.5 Å². The van der Waals surface area contributed by atoms with Gasteiger partial charge >= 0.3 is 0 Å². The molecule has 2 heterocycles. The summed E-state index contributed by atoms with van der Waals surface area (Å²) in [6.07, 6.45) is 2.92. The first kappa shape index (κ1) is 22.0. The summed E-state index contributed by atoms with van der Waals surface area (Å²) in [7, 11) is -0.920. The zero-order valence-electron chi connectivity index (χ0n) is 17.8. The van der Waals surface area contributed by atoms with E-state index in [0.29, 0.717) is 17.1 Å². The number of hydrogen-bond donors (Lipinski definition) is 2. The van der Waals surface area contributed by atoms with Gasteiger partial charge in [-0.2, -0.15) is 5.10 Å². The number of para-hydroxylation sites is 1. The third kappa shape index (κ3) is 4.53. The van der Waals surface area contributed by atoms with Crippen LogP contribution in [0.25, 0.3) is 11.3 Å². The molecule has 0 saturated carbocycles. The molecule has 4 rings (SSSR count). The molecule has 2 aromatic carbocycles. The van der Waals surface area contributed by atoms with Crippen molar-refractivity contribution >= 4 is 27.6 Å². The average Bonchev–Trinajstić information content (AvgIpc) is 3.35. The number of anilines is 2. The third-order valence-electron chi connectivity index (χ3n) is 4.81. The molecule has 2 aromatic heterocycles. The van der Waals surface area contributed by atoms with E-state index in [1.54, 1.807) is 25.3 Å². The number of methoxy groups -OCH3 is 1. The number of aromatic nitrogens is 4. The van der Waals surface area contributed by atoms with Gasteiger partial charge in [0.25, 0.3) is 15.9 Å². The van der Waals surface area contributed by atoms with Gasteiger partial charge in [0.2, 0.25) is 5.95 Å². The molecule has 0 aliphatic carbocycles. The summed E-state index contributed by atoms with van der Waals surface area (Å²) in [4.78, 5) is 20.6. The molecule has 0 unspecified atom stereocenters. The molecule has 0 fully saturated rings. The molecule has 0 aliphatic heterocycles. The first-order valence-electron chi connectivity index (χ1n) is 9.76. The normalized spacial score (nSPS) is 11.1. The molecule has 0 saturated heterocycles. The molecule has 11 heteroatoms. The van der Waals surface area contributed by atoms with Crippen LogP contribution in [0.5, 0.6) is 5.75 Å². The van der Waals surface area contributed by atoms with Crippen molar-refractivity contribution in [3.05, 3.63) is 78.8 Å². The second-order valence-electron chi connectivity index (χ2n) is 6.87. The maximum Gasteiger partial charge on any atom is 0.273 e. The Morgan fingerprint density at radius 2 is 1.73 bits per heavy atom. The fourth-order valence-corrected chi connectivity index (χ4v) is 4.17. The van der Waals surface area contributed by atoms with Crippen molar-refractivity contribution in [2.24, 2.45) is 0 Å². The Bertz CT molecular complexity index is 1370. The van der Waals surface area contributed by atoms with E-state index in [9.17, 15) is 13.2 Å². The fourth-order valence-electron chi connectivity index (χ4n) is 3.06. The summed E-state index contributed by atoms with van der Waals surface area (Å²) in [5.41, 5.74) is 1.97. The number of carbonyl (C=O) groups excluding carboxylic acids is 1. The summed E-state index contributed by atoms with van der Waals surface area (Å²) in [5, 5.41) is 9.62. The highest BCUT2D eigenvalue weighted by atomic mass is 32.2. The van der Waals surface area contributed by atoms with Crippen LogP contribution < -0.4 is 14.4 Å². The van der Waals surface area contributed by atoms with E-state index >= 15 is 0 Å². The average molecular weight is 465 g/mol. The first-order valence-corrected chi connectivity index (χ1v) is 11.2. The molecular formula is C22H20N6O4S. The minimum atomic E-state index is -3.86. The second-order valence-corrected chi connectivity index (χ2v) is 8.84. The van der Waals surface area contributed by atoms with Crippen LogP contribution in [0.15, 0.2) is 78.0 Å². The molecular weight excluding hydrogens is 444 g/mol. The number of sulfonamides is 1. The van der Waals surface area contributed by atoms with E-state index in [4.69, 9.17) is 4.74 Å². The molecule has 1 amide bonds. The number of H-pyrrole nitrogens is 1. The maximum absolute atomic E-state index is 12.8. The number of nitrogens with zero attached hydrogens (tertiary/aromatic N) is 4. The van der Waals surface area contributed by atoms with Crippen molar-refractivity contribution in [3.63, 3.8) is 0 Å². The number of aromatic amines is 1. The molecule has 0 spiro atoms. The highest BCUT2D eigenvalue weighted by molar-refractivity contribution is 7.92. The summed E-state index contributed by atoms with van der Waals surface area (Å²) < 4.78 is 31.9. The fraction of sp³-hybridized carbons (Fsp3) is 0.0909. The van der Waals surface area contributed by atoms with Crippen LogP contribution in [0.2, 0.25) is 0 Å².